The normalized spacial score (nSPS) is 18.7. The second kappa shape index (κ2) is 6.83. The molecular formula is C16H28F2O. The minimum atomic E-state index is -2.67. The van der Waals surface area contributed by atoms with Gasteiger partial charge in [0.15, 0.2) is 0 Å². The monoisotopic (exact) mass is 274 g/mol. The molecule has 112 valence electrons. The largest absolute Gasteiger partial charge is 0.378 e. The summed E-state index contributed by atoms with van der Waals surface area (Å²) >= 11 is 0. The molecule has 0 amide bonds. The molecule has 0 heterocycles. The van der Waals surface area contributed by atoms with Crippen LogP contribution in [0.1, 0.15) is 59.8 Å². The minimum Gasteiger partial charge on any atom is -0.378 e. The summed E-state index contributed by atoms with van der Waals surface area (Å²) in [7, 11) is 0. The maximum absolute atomic E-state index is 13.3. The third-order valence-corrected chi connectivity index (χ3v) is 3.87. The Morgan fingerprint density at radius 3 is 2.32 bits per heavy atom. The topological polar surface area (TPSA) is 9.23 Å². The molecule has 0 atom stereocenters. The summed E-state index contributed by atoms with van der Waals surface area (Å²) < 4.78 is 32.3. The highest BCUT2D eigenvalue weighted by molar-refractivity contribution is 4.98. The van der Waals surface area contributed by atoms with E-state index in [1.54, 1.807) is 19.9 Å². The number of alkyl halides is 2. The van der Waals surface area contributed by atoms with E-state index in [9.17, 15) is 8.78 Å². The third-order valence-electron chi connectivity index (χ3n) is 3.87. The second-order valence-corrected chi connectivity index (χ2v) is 6.48. The first-order valence-electron chi connectivity index (χ1n) is 7.44. The predicted molar refractivity (Wildman–Crippen MR) is 75.5 cm³/mol. The lowest BCUT2D eigenvalue weighted by atomic mass is 9.99. The van der Waals surface area contributed by atoms with Gasteiger partial charge in [-0.2, -0.15) is 0 Å². The summed E-state index contributed by atoms with van der Waals surface area (Å²) in [5, 5.41) is 0. The first-order valence-corrected chi connectivity index (χ1v) is 7.44. The van der Waals surface area contributed by atoms with Crippen LogP contribution in [0.3, 0.4) is 0 Å². The third kappa shape index (κ3) is 6.03. The van der Waals surface area contributed by atoms with Crippen LogP contribution in [-0.4, -0.2) is 18.6 Å². The molecule has 0 spiro atoms. The Balaban J connectivity index is 2.19. The number of allylic oxidation sites excluding steroid dienone is 2. The van der Waals surface area contributed by atoms with Crippen molar-refractivity contribution in [1.29, 1.82) is 0 Å². The van der Waals surface area contributed by atoms with Crippen molar-refractivity contribution in [3.63, 3.8) is 0 Å². The number of unbranched alkanes of at least 4 members (excludes halogenated alkanes) is 1. The van der Waals surface area contributed by atoms with Gasteiger partial charge in [0.05, 0.1) is 12.7 Å². The van der Waals surface area contributed by atoms with Gasteiger partial charge in [-0.1, -0.05) is 19.9 Å². The van der Waals surface area contributed by atoms with Crippen LogP contribution in [-0.2, 0) is 4.74 Å². The smallest absolute Gasteiger partial charge is 0.268 e. The Hall–Kier alpha value is -0.440. The average molecular weight is 274 g/mol. The molecule has 1 saturated carbocycles. The SMILES string of the molecule is CC(C)OCC1(CCC/C=C/C(F)(F)C(C)C)CC1. The van der Waals surface area contributed by atoms with E-state index in [0.717, 1.165) is 31.9 Å². The minimum absolute atomic E-state index is 0.280. The molecule has 1 aliphatic carbocycles. The van der Waals surface area contributed by atoms with Crippen LogP contribution in [0.4, 0.5) is 8.78 Å². The van der Waals surface area contributed by atoms with Crippen molar-refractivity contribution in [1.82, 2.24) is 0 Å². The summed E-state index contributed by atoms with van der Waals surface area (Å²) in [4.78, 5) is 0. The van der Waals surface area contributed by atoms with E-state index in [4.69, 9.17) is 4.74 Å². The van der Waals surface area contributed by atoms with Crippen LogP contribution in [0, 0.1) is 11.3 Å². The predicted octanol–water partition coefficient (Wildman–Crippen LogP) is 5.21. The van der Waals surface area contributed by atoms with E-state index in [0.29, 0.717) is 5.41 Å². The van der Waals surface area contributed by atoms with Crippen molar-refractivity contribution < 1.29 is 13.5 Å². The second-order valence-electron chi connectivity index (χ2n) is 6.48. The van der Waals surface area contributed by atoms with Crippen LogP contribution >= 0.6 is 0 Å². The molecule has 1 rings (SSSR count). The summed E-state index contributed by atoms with van der Waals surface area (Å²) in [6, 6.07) is 0. The summed E-state index contributed by atoms with van der Waals surface area (Å²) in [5.74, 6) is -3.30. The van der Waals surface area contributed by atoms with Crippen molar-refractivity contribution >= 4 is 0 Å². The highest BCUT2D eigenvalue weighted by Crippen LogP contribution is 2.50. The lowest BCUT2D eigenvalue weighted by Gasteiger charge is -2.17. The molecule has 3 heteroatoms. The molecule has 0 N–H and O–H groups in total. The fourth-order valence-electron chi connectivity index (χ4n) is 2.01. The van der Waals surface area contributed by atoms with Gasteiger partial charge in [-0.25, -0.2) is 8.78 Å². The fraction of sp³-hybridized carbons (Fsp3) is 0.875. The molecule has 0 saturated heterocycles. The standard InChI is InChI=1S/C16H28F2O/c1-13(2)16(17,18)9-7-5-6-8-15(10-11-15)12-19-14(3)4/h7,9,13-14H,5-6,8,10-12H2,1-4H3/b9-7+. The summed E-state index contributed by atoms with van der Waals surface area (Å²) in [6.45, 7) is 8.02. The Morgan fingerprint density at radius 2 is 1.84 bits per heavy atom. The van der Waals surface area contributed by atoms with Gasteiger partial charge in [-0.05, 0) is 57.4 Å². The van der Waals surface area contributed by atoms with Crippen molar-refractivity contribution in [2.45, 2.75) is 71.8 Å². The van der Waals surface area contributed by atoms with Gasteiger partial charge in [-0.3, -0.25) is 0 Å². The van der Waals surface area contributed by atoms with Crippen LogP contribution in [0.5, 0.6) is 0 Å². The average Bonchev–Trinajstić information content (AvgIpc) is 3.06. The molecular weight excluding hydrogens is 246 g/mol. The van der Waals surface area contributed by atoms with Crippen molar-refractivity contribution in [2.24, 2.45) is 11.3 Å². The quantitative estimate of drug-likeness (QED) is 0.414. The number of halogens is 2. The number of hydrogen-bond acceptors (Lipinski definition) is 1. The van der Waals surface area contributed by atoms with Gasteiger partial charge in [0.25, 0.3) is 5.92 Å². The first-order chi connectivity index (χ1) is 8.77. The molecule has 0 aliphatic heterocycles. The Morgan fingerprint density at radius 1 is 1.21 bits per heavy atom. The van der Waals surface area contributed by atoms with Gasteiger partial charge in [0.1, 0.15) is 0 Å². The lowest BCUT2D eigenvalue weighted by Crippen LogP contribution is -2.20. The molecule has 0 unspecified atom stereocenters. The summed E-state index contributed by atoms with van der Waals surface area (Å²) in [5.41, 5.74) is 0.360. The van der Waals surface area contributed by atoms with E-state index in [2.05, 4.69) is 0 Å². The number of hydrogen-bond donors (Lipinski definition) is 0. The molecule has 0 aromatic carbocycles. The Labute approximate surface area is 116 Å². The van der Waals surface area contributed by atoms with E-state index in [-0.39, 0.29) is 6.10 Å². The van der Waals surface area contributed by atoms with E-state index in [1.807, 2.05) is 13.8 Å². The Bertz CT molecular complexity index is 291. The van der Waals surface area contributed by atoms with E-state index < -0.39 is 11.8 Å². The van der Waals surface area contributed by atoms with Crippen LogP contribution in [0.15, 0.2) is 12.2 Å². The van der Waals surface area contributed by atoms with Gasteiger partial charge < -0.3 is 4.74 Å². The van der Waals surface area contributed by atoms with Crippen molar-refractivity contribution in [2.75, 3.05) is 6.61 Å². The van der Waals surface area contributed by atoms with Gasteiger partial charge >= 0.3 is 0 Å². The zero-order chi connectivity index (χ0) is 14.5. The maximum atomic E-state index is 13.3. The zero-order valence-corrected chi connectivity index (χ0v) is 12.7. The Kier molecular flexibility index (Phi) is 5.97. The van der Waals surface area contributed by atoms with Crippen LogP contribution < -0.4 is 0 Å². The molecule has 0 aromatic rings. The molecule has 19 heavy (non-hydrogen) atoms. The molecule has 1 fully saturated rings. The fourth-order valence-corrected chi connectivity index (χ4v) is 2.01. The van der Waals surface area contributed by atoms with Crippen molar-refractivity contribution in [3.8, 4) is 0 Å². The van der Waals surface area contributed by atoms with Crippen LogP contribution in [0.2, 0.25) is 0 Å². The highest BCUT2D eigenvalue weighted by atomic mass is 19.3. The van der Waals surface area contributed by atoms with Crippen molar-refractivity contribution in [3.05, 3.63) is 12.2 Å². The molecule has 0 bridgehead atoms. The summed E-state index contributed by atoms with van der Waals surface area (Å²) in [6.07, 6.45) is 8.26. The highest BCUT2D eigenvalue weighted by Gasteiger charge is 2.42. The van der Waals surface area contributed by atoms with E-state index >= 15 is 0 Å². The number of ether oxygens (including phenoxy) is 1. The van der Waals surface area contributed by atoms with Crippen LogP contribution in [0.25, 0.3) is 0 Å². The van der Waals surface area contributed by atoms with Gasteiger partial charge in [-0.15, -0.1) is 0 Å². The zero-order valence-electron chi connectivity index (χ0n) is 12.7. The molecule has 1 aliphatic rings. The van der Waals surface area contributed by atoms with Gasteiger partial charge in [0, 0.05) is 5.92 Å². The molecule has 1 nitrogen and oxygen atoms in total. The van der Waals surface area contributed by atoms with Gasteiger partial charge in [0.2, 0.25) is 0 Å². The lowest BCUT2D eigenvalue weighted by molar-refractivity contribution is 0.00597. The molecule has 0 radical (unpaired) electrons. The molecule has 0 aromatic heterocycles. The first kappa shape index (κ1) is 16.6. The maximum Gasteiger partial charge on any atom is 0.268 e. The van der Waals surface area contributed by atoms with E-state index in [1.165, 1.54) is 12.8 Å². The number of rotatable bonds is 9.